The zero-order chi connectivity index (χ0) is 15.5. The molecule has 3 nitrogen and oxygen atoms in total. The molecular formula is C14H10F4N2O. The topological polar surface area (TPSA) is 38.0 Å². The van der Waals surface area contributed by atoms with E-state index < -0.39 is 24.2 Å². The van der Waals surface area contributed by atoms with E-state index in [0.717, 1.165) is 23.1 Å². The van der Waals surface area contributed by atoms with Crippen molar-refractivity contribution in [1.29, 1.82) is 0 Å². The zero-order valence-corrected chi connectivity index (χ0v) is 10.7. The number of aromatic nitrogens is 2. The minimum Gasteiger partial charge on any atom is -0.384 e. The SMILES string of the molecule is OCC#Cc1cc(F)ccc1Cn1cc(C(F)(F)F)cn1. The Hall–Kier alpha value is -2.33. The van der Waals surface area contributed by atoms with Crippen molar-refractivity contribution < 1.29 is 22.7 Å². The van der Waals surface area contributed by atoms with E-state index in [2.05, 4.69) is 16.9 Å². The molecule has 0 aliphatic heterocycles. The zero-order valence-electron chi connectivity index (χ0n) is 10.7. The molecule has 2 rings (SSSR count). The van der Waals surface area contributed by atoms with Crippen LogP contribution in [0.2, 0.25) is 0 Å². The third-order valence-electron chi connectivity index (χ3n) is 2.67. The summed E-state index contributed by atoms with van der Waals surface area (Å²) < 4.78 is 51.7. The third-order valence-corrected chi connectivity index (χ3v) is 2.67. The fourth-order valence-corrected chi connectivity index (χ4v) is 1.71. The second-order valence-electron chi connectivity index (χ2n) is 4.19. The maximum absolute atomic E-state index is 13.2. The number of alkyl halides is 3. The first-order chi connectivity index (χ1) is 9.90. The summed E-state index contributed by atoms with van der Waals surface area (Å²) in [7, 11) is 0. The molecule has 0 unspecified atom stereocenters. The number of benzene rings is 1. The normalized spacial score (nSPS) is 11.1. The minimum atomic E-state index is -4.46. The maximum atomic E-state index is 13.2. The predicted octanol–water partition coefficient (Wildman–Crippen LogP) is 2.43. The molecule has 0 aliphatic rings. The van der Waals surface area contributed by atoms with E-state index in [9.17, 15) is 17.6 Å². The van der Waals surface area contributed by atoms with E-state index >= 15 is 0 Å². The summed E-state index contributed by atoms with van der Waals surface area (Å²) in [5.41, 5.74) is -0.0464. The fraction of sp³-hybridized carbons (Fsp3) is 0.214. The minimum absolute atomic E-state index is 0.0196. The standard InChI is InChI=1S/C14H10F4N2O/c15-13-4-3-11(10(6-13)2-1-5-21)8-20-9-12(7-19-20)14(16,17)18/h3-4,6-7,9,21H,5,8H2. The van der Waals surface area contributed by atoms with Crippen LogP contribution >= 0.6 is 0 Å². The van der Waals surface area contributed by atoms with Crippen molar-refractivity contribution in [3.63, 3.8) is 0 Å². The molecule has 1 heterocycles. The molecule has 1 N–H and O–H groups in total. The largest absolute Gasteiger partial charge is 0.419 e. The average molecular weight is 298 g/mol. The van der Waals surface area contributed by atoms with Gasteiger partial charge in [0.1, 0.15) is 12.4 Å². The molecule has 0 atom stereocenters. The van der Waals surface area contributed by atoms with Crippen LogP contribution in [0.3, 0.4) is 0 Å². The van der Waals surface area contributed by atoms with E-state index in [1.807, 2.05) is 0 Å². The van der Waals surface area contributed by atoms with Crippen LogP contribution in [-0.2, 0) is 12.7 Å². The van der Waals surface area contributed by atoms with E-state index in [1.165, 1.54) is 12.1 Å². The summed E-state index contributed by atoms with van der Waals surface area (Å²) in [4.78, 5) is 0. The molecule has 110 valence electrons. The molecule has 7 heteroatoms. The van der Waals surface area contributed by atoms with Gasteiger partial charge in [0.2, 0.25) is 0 Å². The van der Waals surface area contributed by atoms with Gasteiger partial charge in [0, 0.05) is 11.8 Å². The van der Waals surface area contributed by atoms with Gasteiger partial charge in [-0.05, 0) is 17.7 Å². The summed E-state index contributed by atoms with van der Waals surface area (Å²) in [5, 5.41) is 12.3. The summed E-state index contributed by atoms with van der Waals surface area (Å²) in [6.07, 6.45) is -2.87. The number of hydrogen-bond donors (Lipinski definition) is 1. The lowest BCUT2D eigenvalue weighted by molar-refractivity contribution is -0.137. The highest BCUT2D eigenvalue weighted by molar-refractivity contribution is 5.42. The van der Waals surface area contributed by atoms with E-state index in [1.54, 1.807) is 0 Å². The molecule has 0 amide bonds. The molecular weight excluding hydrogens is 288 g/mol. The average Bonchev–Trinajstić information content (AvgIpc) is 2.87. The number of nitrogens with zero attached hydrogens (tertiary/aromatic N) is 2. The van der Waals surface area contributed by atoms with Gasteiger partial charge in [-0.2, -0.15) is 18.3 Å². The van der Waals surface area contributed by atoms with Gasteiger partial charge in [-0.1, -0.05) is 17.9 Å². The Morgan fingerprint density at radius 3 is 2.67 bits per heavy atom. The third kappa shape index (κ3) is 3.83. The van der Waals surface area contributed by atoms with Crippen molar-refractivity contribution in [2.45, 2.75) is 12.7 Å². The van der Waals surface area contributed by atoms with E-state index in [-0.39, 0.29) is 6.54 Å². The summed E-state index contributed by atoms with van der Waals surface area (Å²) in [5.74, 6) is 4.42. The molecule has 0 fully saturated rings. The Labute approximate surface area is 117 Å². The summed E-state index contributed by atoms with van der Waals surface area (Å²) in [6.45, 7) is -0.373. The Morgan fingerprint density at radius 2 is 2.05 bits per heavy atom. The van der Waals surface area contributed by atoms with Crippen molar-refractivity contribution in [2.75, 3.05) is 6.61 Å². The molecule has 0 bridgehead atoms. The first-order valence-corrected chi connectivity index (χ1v) is 5.88. The Bertz CT molecular complexity index is 695. The first kappa shape index (κ1) is 15.1. The van der Waals surface area contributed by atoms with Crippen LogP contribution < -0.4 is 0 Å². The van der Waals surface area contributed by atoms with Crippen molar-refractivity contribution in [3.05, 3.63) is 53.1 Å². The number of hydrogen-bond acceptors (Lipinski definition) is 2. The highest BCUT2D eigenvalue weighted by Crippen LogP contribution is 2.28. The van der Waals surface area contributed by atoms with Gasteiger partial charge in [-0.3, -0.25) is 4.68 Å². The van der Waals surface area contributed by atoms with Gasteiger partial charge in [-0.15, -0.1) is 0 Å². The van der Waals surface area contributed by atoms with Crippen LogP contribution in [0.15, 0.2) is 30.6 Å². The highest BCUT2D eigenvalue weighted by Gasteiger charge is 2.32. The molecule has 2 aromatic rings. The van der Waals surface area contributed by atoms with Gasteiger partial charge in [0.25, 0.3) is 0 Å². The monoisotopic (exact) mass is 298 g/mol. The number of rotatable bonds is 2. The Balaban J connectivity index is 2.29. The lowest BCUT2D eigenvalue weighted by Gasteiger charge is -2.06. The Morgan fingerprint density at radius 1 is 1.29 bits per heavy atom. The molecule has 0 radical (unpaired) electrons. The van der Waals surface area contributed by atoms with Crippen LogP contribution in [-0.4, -0.2) is 21.5 Å². The molecule has 1 aromatic heterocycles. The molecule has 0 saturated heterocycles. The molecule has 21 heavy (non-hydrogen) atoms. The van der Waals surface area contributed by atoms with Gasteiger partial charge < -0.3 is 5.11 Å². The van der Waals surface area contributed by atoms with Gasteiger partial charge in [0.15, 0.2) is 0 Å². The van der Waals surface area contributed by atoms with Crippen LogP contribution in [0.4, 0.5) is 17.6 Å². The van der Waals surface area contributed by atoms with E-state index in [0.29, 0.717) is 11.1 Å². The van der Waals surface area contributed by atoms with Gasteiger partial charge in [-0.25, -0.2) is 4.39 Å². The van der Waals surface area contributed by atoms with Crippen molar-refractivity contribution >= 4 is 0 Å². The maximum Gasteiger partial charge on any atom is 0.419 e. The van der Waals surface area contributed by atoms with Crippen LogP contribution in [0.25, 0.3) is 0 Å². The second-order valence-corrected chi connectivity index (χ2v) is 4.19. The number of aliphatic hydroxyl groups excluding tert-OH is 1. The van der Waals surface area contributed by atoms with Crippen molar-refractivity contribution in [3.8, 4) is 11.8 Å². The van der Waals surface area contributed by atoms with Crippen molar-refractivity contribution in [2.24, 2.45) is 0 Å². The van der Waals surface area contributed by atoms with Crippen LogP contribution in [0.5, 0.6) is 0 Å². The molecule has 1 aromatic carbocycles. The van der Waals surface area contributed by atoms with Crippen LogP contribution in [0.1, 0.15) is 16.7 Å². The lowest BCUT2D eigenvalue weighted by Crippen LogP contribution is -2.05. The van der Waals surface area contributed by atoms with Gasteiger partial charge in [0.05, 0.1) is 18.3 Å². The number of aliphatic hydroxyl groups is 1. The summed E-state index contributed by atoms with van der Waals surface area (Å²) in [6, 6.07) is 3.77. The molecule has 0 aliphatic carbocycles. The quantitative estimate of drug-likeness (QED) is 0.683. The predicted molar refractivity (Wildman–Crippen MR) is 66.7 cm³/mol. The lowest BCUT2D eigenvalue weighted by atomic mass is 10.1. The number of halogens is 4. The molecule has 0 spiro atoms. The fourth-order valence-electron chi connectivity index (χ4n) is 1.71. The van der Waals surface area contributed by atoms with E-state index in [4.69, 9.17) is 5.11 Å². The van der Waals surface area contributed by atoms with Gasteiger partial charge >= 0.3 is 6.18 Å². The molecule has 0 saturated carbocycles. The highest BCUT2D eigenvalue weighted by atomic mass is 19.4. The smallest absolute Gasteiger partial charge is 0.384 e. The first-order valence-electron chi connectivity index (χ1n) is 5.88. The summed E-state index contributed by atoms with van der Waals surface area (Å²) >= 11 is 0. The van der Waals surface area contributed by atoms with Crippen molar-refractivity contribution in [1.82, 2.24) is 9.78 Å². The Kier molecular flexibility index (Phi) is 4.29. The van der Waals surface area contributed by atoms with Crippen LogP contribution in [0, 0.1) is 17.7 Å². The second kappa shape index (κ2) is 5.97.